The van der Waals surface area contributed by atoms with Crippen LogP contribution in [0.1, 0.15) is 0 Å². The molecule has 0 aliphatic rings. The lowest BCUT2D eigenvalue weighted by molar-refractivity contribution is 0.415. The van der Waals surface area contributed by atoms with E-state index >= 15 is 0 Å². The van der Waals surface area contributed by atoms with Gasteiger partial charge in [0.05, 0.1) is 12.8 Å². The summed E-state index contributed by atoms with van der Waals surface area (Å²) in [5.74, 6) is 0.850. The second-order valence-electron chi connectivity index (χ2n) is 4.27. The van der Waals surface area contributed by atoms with E-state index in [1.165, 1.54) is 0 Å². The van der Waals surface area contributed by atoms with Crippen molar-refractivity contribution in [3.8, 4) is 27.6 Å². The molecule has 0 N–H and O–H groups in total. The number of ether oxygens (including phenoxy) is 1. The minimum atomic E-state index is 0.736. The number of rotatable bonds is 3. The maximum absolute atomic E-state index is 5.90. The first-order valence-corrected chi connectivity index (χ1v) is 7.38. The normalized spacial score (nSPS) is 10.5. The Balaban J connectivity index is 1.91. The molecule has 0 unspecified atom stereocenters. The SMILES string of the molecule is COc1ccc(-c2nc(-c3ccc(Cl)cc3)cs2)cc1. The molecule has 0 radical (unpaired) electrons. The van der Waals surface area contributed by atoms with Crippen molar-refractivity contribution in [2.24, 2.45) is 0 Å². The van der Waals surface area contributed by atoms with E-state index in [1.807, 2.05) is 48.5 Å². The van der Waals surface area contributed by atoms with Crippen LogP contribution in [0.5, 0.6) is 5.75 Å². The van der Waals surface area contributed by atoms with Crippen LogP contribution in [-0.2, 0) is 0 Å². The fourth-order valence-electron chi connectivity index (χ4n) is 1.89. The van der Waals surface area contributed by atoms with Crippen LogP contribution in [0.2, 0.25) is 5.02 Å². The van der Waals surface area contributed by atoms with Crippen LogP contribution < -0.4 is 4.74 Å². The van der Waals surface area contributed by atoms with Gasteiger partial charge in [0, 0.05) is 21.5 Å². The molecule has 3 aromatic rings. The Morgan fingerprint density at radius 1 is 0.950 bits per heavy atom. The monoisotopic (exact) mass is 301 g/mol. The Kier molecular flexibility index (Phi) is 3.72. The Hall–Kier alpha value is -1.84. The molecule has 3 rings (SSSR count). The lowest BCUT2D eigenvalue weighted by Gasteiger charge is -2.00. The molecular formula is C16H12ClNOS. The van der Waals surface area contributed by atoms with Crippen molar-refractivity contribution in [3.63, 3.8) is 0 Å². The van der Waals surface area contributed by atoms with Gasteiger partial charge >= 0.3 is 0 Å². The van der Waals surface area contributed by atoms with Gasteiger partial charge in [0.25, 0.3) is 0 Å². The minimum Gasteiger partial charge on any atom is -0.497 e. The maximum Gasteiger partial charge on any atom is 0.124 e. The quantitative estimate of drug-likeness (QED) is 0.668. The van der Waals surface area contributed by atoms with Crippen LogP contribution in [0.15, 0.2) is 53.9 Å². The lowest BCUT2D eigenvalue weighted by Crippen LogP contribution is -1.83. The molecular weight excluding hydrogens is 290 g/mol. The minimum absolute atomic E-state index is 0.736. The zero-order chi connectivity index (χ0) is 13.9. The fourth-order valence-corrected chi connectivity index (χ4v) is 2.85. The second kappa shape index (κ2) is 5.65. The van der Waals surface area contributed by atoms with E-state index in [0.29, 0.717) is 0 Å². The van der Waals surface area contributed by atoms with E-state index in [-0.39, 0.29) is 0 Å². The first kappa shape index (κ1) is 13.2. The van der Waals surface area contributed by atoms with Crippen molar-refractivity contribution in [1.29, 1.82) is 0 Å². The van der Waals surface area contributed by atoms with E-state index in [2.05, 4.69) is 10.4 Å². The highest BCUT2D eigenvalue weighted by molar-refractivity contribution is 7.13. The highest BCUT2D eigenvalue weighted by Gasteiger charge is 2.06. The molecule has 1 aromatic heterocycles. The molecule has 0 saturated heterocycles. The van der Waals surface area contributed by atoms with Crippen molar-refractivity contribution in [3.05, 3.63) is 58.9 Å². The third-order valence-electron chi connectivity index (χ3n) is 2.98. The number of benzene rings is 2. The third-order valence-corrected chi connectivity index (χ3v) is 4.12. The van der Waals surface area contributed by atoms with Crippen LogP contribution in [0.4, 0.5) is 0 Å². The fraction of sp³-hybridized carbons (Fsp3) is 0.0625. The highest BCUT2D eigenvalue weighted by atomic mass is 35.5. The summed E-state index contributed by atoms with van der Waals surface area (Å²) in [7, 11) is 1.66. The van der Waals surface area contributed by atoms with E-state index in [1.54, 1.807) is 18.4 Å². The second-order valence-corrected chi connectivity index (χ2v) is 5.57. The molecule has 20 heavy (non-hydrogen) atoms. The Morgan fingerprint density at radius 3 is 2.25 bits per heavy atom. The molecule has 2 nitrogen and oxygen atoms in total. The van der Waals surface area contributed by atoms with Crippen molar-refractivity contribution >= 4 is 22.9 Å². The maximum atomic E-state index is 5.90. The Labute approximate surface area is 126 Å². The van der Waals surface area contributed by atoms with Gasteiger partial charge in [-0.1, -0.05) is 23.7 Å². The highest BCUT2D eigenvalue weighted by Crippen LogP contribution is 2.30. The van der Waals surface area contributed by atoms with E-state index in [4.69, 9.17) is 16.3 Å². The molecule has 0 aliphatic heterocycles. The predicted molar refractivity (Wildman–Crippen MR) is 84.5 cm³/mol. The smallest absolute Gasteiger partial charge is 0.124 e. The van der Waals surface area contributed by atoms with Crippen LogP contribution in [-0.4, -0.2) is 12.1 Å². The Morgan fingerprint density at radius 2 is 1.60 bits per heavy atom. The number of hydrogen-bond acceptors (Lipinski definition) is 3. The summed E-state index contributed by atoms with van der Waals surface area (Å²) in [6.45, 7) is 0. The number of nitrogens with zero attached hydrogens (tertiary/aromatic N) is 1. The standard InChI is InChI=1S/C16H12ClNOS/c1-19-14-8-4-12(5-9-14)16-18-15(10-20-16)11-2-6-13(17)7-3-11/h2-10H,1H3. The van der Waals surface area contributed by atoms with Crippen molar-refractivity contribution in [2.75, 3.05) is 7.11 Å². The van der Waals surface area contributed by atoms with Crippen molar-refractivity contribution in [2.45, 2.75) is 0 Å². The van der Waals surface area contributed by atoms with Crippen LogP contribution >= 0.6 is 22.9 Å². The van der Waals surface area contributed by atoms with Gasteiger partial charge in [-0.05, 0) is 36.4 Å². The zero-order valence-electron chi connectivity index (χ0n) is 10.8. The van der Waals surface area contributed by atoms with Gasteiger partial charge in [0.1, 0.15) is 10.8 Å². The zero-order valence-corrected chi connectivity index (χ0v) is 12.4. The number of methoxy groups -OCH3 is 1. The van der Waals surface area contributed by atoms with E-state index in [0.717, 1.165) is 32.6 Å². The topological polar surface area (TPSA) is 22.1 Å². The number of aromatic nitrogens is 1. The predicted octanol–water partition coefficient (Wildman–Crippen LogP) is 5.14. The summed E-state index contributed by atoms with van der Waals surface area (Å²) < 4.78 is 5.16. The molecule has 0 aliphatic carbocycles. The molecule has 0 spiro atoms. The van der Waals surface area contributed by atoms with Gasteiger partial charge in [0.2, 0.25) is 0 Å². The molecule has 1 heterocycles. The number of thiazole rings is 1. The lowest BCUT2D eigenvalue weighted by atomic mass is 10.2. The molecule has 100 valence electrons. The average Bonchev–Trinajstić information content (AvgIpc) is 2.98. The van der Waals surface area contributed by atoms with E-state index < -0.39 is 0 Å². The first-order valence-electron chi connectivity index (χ1n) is 6.12. The van der Waals surface area contributed by atoms with Gasteiger partial charge in [-0.25, -0.2) is 4.98 Å². The molecule has 4 heteroatoms. The summed E-state index contributed by atoms with van der Waals surface area (Å²) >= 11 is 7.53. The van der Waals surface area contributed by atoms with Gasteiger partial charge in [-0.2, -0.15) is 0 Å². The molecule has 0 bridgehead atoms. The summed E-state index contributed by atoms with van der Waals surface area (Å²) in [6, 6.07) is 15.6. The summed E-state index contributed by atoms with van der Waals surface area (Å²) in [5.41, 5.74) is 3.14. The van der Waals surface area contributed by atoms with Crippen molar-refractivity contribution < 1.29 is 4.74 Å². The van der Waals surface area contributed by atoms with Gasteiger partial charge < -0.3 is 4.74 Å². The Bertz CT molecular complexity index is 704. The van der Waals surface area contributed by atoms with Crippen LogP contribution in [0.3, 0.4) is 0 Å². The molecule has 0 atom stereocenters. The van der Waals surface area contributed by atoms with Crippen LogP contribution in [0.25, 0.3) is 21.8 Å². The van der Waals surface area contributed by atoms with Crippen LogP contribution in [0, 0.1) is 0 Å². The number of halogens is 1. The third kappa shape index (κ3) is 2.69. The van der Waals surface area contributed by atoms with Gasteiger partial charge in [0.15, 0.2) is 0 Å². The van der Waals surface area contributed by atoms with Crippen molar-refractivity contribution in [1.82, 2.24) is 4.98 Å². The molecule has 0 fully saturated rings. The van der Waals surface area contributed by atoms with E-state index in [9.17, 15) is 0 Å². The summed E-state index contributed by atoms with van der Waals surface area (Å²) in [6.07, 6.45) is 0. The average molecular weight is 302 g/mol. The van der Waals surface area contributed by atoms with Gasteiger partial charge in [-0.3, -0.25) is 0 Å². The summed E-state index contributed by atoms with van der Waals surface area (Å²) in [5, 5.41) is 3.79. The summed E-state index contributed by atoms with van der Waals surface area (Å²) in [4.78, 5) is 4.67. The number of hydrogen-bond donors (Lipinski definition) is 0. The molecule has 2 aromatic carbocycles. The first-order chi connectivity index (χ1) is 9.76. The van der Waals surface area contributed by atoms with Gasteiger partial charge in [-0.15, -0.1) is 11.3 Å². The largest absolute Gasteiger partial charge is 0.497 e. The molecule has 0 saturated carbocycles. The molecule has 0 amide bonds.